The molecule has 26 heavy (non-hydrogen) atoms. The molecule has 1 aromatic rings. The molecule has 1 fully saturated rings. The van der Waals surface area contributed by atoms with Crippen LogP contribution in [0.15, 0.2) is 18.2 Å². The molecule has 0 atom stereocenters. The first kappa shape index (κ1) is 18.3. The van der Waals surface area contributed by atoms with E-state index in [1.807, 2.05) is 0 Å². The lowest BCUT2D eigenvalue weighted by Gasteiger charge is -2.31. The van der Waals surface area contributed by atoms with Gasteiger partial charge in [0.25, 0.3) is 0 Å². The number of piperidine rings is 1. The molecule has 2 heterocycles. The fraction of sp³-hybridized carbons (Fsp3) is 0.556. The van der Waals surface area contributed by atoms with E-state index in [-0.39, 0.29) is 18.8 Å². The average molecular weight is 363 g/mol. The van der Waals surface area contributed by atoms with Crippen molar-refractivity contribution in [2.24, 2.45) is 0 Å². The molecule has 2 aliphatic heterocycles. The molecule has 8 heteroatoms. The minimum absolute atomic E-state index is 0.0553. The molecule has 0 unspecified atom stereocenters. The highest BCUT2D eigenvalue weighted by Gasteiger charge is 2.23. The van der Waals surface area contributed by atoms with E-state index in [1.54, 1.807) is 30.0 Å². The second-order valence-corrected chi connectivity index (χ2v) is 6.28. The van der Waals surface area contributed by atoms with Gasteiger partial charge < -0.3 is 29.7 Å². The van der Waals surface area contributed by atoms with Crippen molar-refractivity contribution in [3.8, 4) is 11.5 Å². The highest BCUT2D eigenvalue weighted by Crippen LogP contribution is 2.34. The maximum atomic E-state index is 12.1. The fourth-order valence-corrected chi connectivity index (χ4v) is 3.07. The molecule has 0 aliphatic carbocycles. The number of anilines is 1. The number of fused-ring (bicyclic) bond motifs is 1. The molecule has 1 saturated heterocycles. The van der Waals surface area contributed by atoms with E-state index in [9.17, 15) is 9.59 Å². The Morgan fingerprint density at radius 2 is 2.00 bits per heavy atom. The molecule has 0 radical (unpaired) electrons. The van der Waals surface area contributed by atoms with Gasteiger partial charge in [-0.05, 0) is 31.9 Å². The molecule has 0 bridgehead atoms. The van der Waals surface area contributed by atoms with Crippen LogP contribution in [0.25, 0.3) is 0 Å². The van der Waals surface area contributed by atoms with Gasteiger partial charge >= 0.3 is 6.09 Å². The topological polar surface area (TPSA) is 89.1 Å². The standard InChI is InChI=1S/C18H25N3O5/c1-2-24-18(23)21-9-6-13(7-10-21)19-8-5-17(22)20-14-3-4-15-16(11-14)26-12-25-15/h3-4,11,13,19H,2,5-10,12H2,1H3,(H,20,22). The largest absolute Gasteiger partial charge is 0.454 e. The van der Waals surface area contributed by atoms with Crippen molar-refractivity contribution in [1.82, 2.24) is 10.2 Å². The summed E-state index contributed by atoms with van der Waals surface area (Å²) in [6.45, 7) is 4.38. The number of nitrogens with zero attached hydrogens (tertiary/aromatic N) is 1. The van der Waals surface area contributed by atoms with Crippen LogP contribution in [-0.4, -0.2) is 56.0 Å². The van der Waals surface area contributed by atoms with E-state index in [0.29, 0.717) is 55.9 Å². The monoisotopic (exact) mass is 363 g/mol. The number of carbonyl (C=O) groups is 2. The van der Waals surface area contributed by atoms with E-state index in [2.05, 4.69) is 10.6 Å². The molecule has 2 N–H and O–H groups in total. The normalized spacial score (nSPS) is 16.4. The first-order valence-electron chi connectivity index (χ1n) is 9.00. The highest BCUT2D eigenvalue weighted by molar-refractivity contribution is 5.91. The third kappa shape index (κ3) is 4.78. The summed E-state index contributed by atoms with van der Waals surface area (Å²) in [7, 11) is 0. The van der Waals surface area contributed by atoms with Gasteiger partial charge in [-0.25, -0.2) is 4.79 Å². The number of hydrogen-bond donors (Lipinski definition) is 2. The zero-order valence-corrected chi connectivity index (χ0v) is 15.0. The van der Waals surface area contributed by atoms with Gasteiger partial charge in [0, 0.05) is 43.9 Å². The van der Waals surface area contributed by atoms with Crippen molar-refractivity contribution in [2.75, 3.05) is 38.4 Å². The number of rotatable bonds is 6. The van der Waals surface area contributed by atoms with Gasteiger partial charge in [0.05, 0.1) is 6.61 Å². The number of nitrogens with one attached hydrogen (secondary N) is 2. The molecular weight excluding hydrogens is 338 g/mol. The summed E-state index contributed by atoms with van der Waals surface area (Å²) in [4.78, 5) is 25.5. The molecule has 8 nitrogen and oxygen atoms in total. The van der Waals surface area contributed by atoms with Crippen LogP contribution in [0.5, 0.6) is 11.5 Å². The SMILES string of the molecule is CCOC(=O)N1CCC(NCCC(=O)Nc2ccc3c(c2)OCO3)CC1. The molecule has 2 aliphatic rings. The average Bonchev–Trinajstić information content (AvgIpc) is 3.10. The van der Waals surface area contributed by atoms with Crippen LogP contribution in [0.4, 0.5) is 10.5 Å². The van der Waals surface area contributed by atoms with Crippen molar-refractivity contribution < 1.29 is 23.8 Å². The molecular formula is C18H25N3O5. The number of likely N-dealkylation sites (tertiary alicyclic amines) is 1. The lowest BCUT2D eigenvalue weighted by molar-refractivity contribution is -0.116. The summed E-state index contributed by atoms with van der Waals surface area (Å²) in [5.74, 6) is 1.29. The molecule has 1 aromatic carbocycles. The van der Waals surface area contributed by atoms with Crippen LogP contribution in [0.3, 0.4) is 0 Å². The second-order valence-electron chi connectivity index (χ2n) is 6.28. The van der Waals surface area contributed by atoms with E-state index in [1.165, 1.54) is 0 Å². The predicted octanol–water partition coefficient (Wildman–Crippen LogP) is 1.95. The van der Waals surface area contributed by atoms with Crippen LogP contribution < -0.4 is 20.1 Å². The molecule has 142 valence electrons. The van der Waals surface area contributed by atoms with E-state index >= 15 is 0 Å². The van der Waals surface area contributed by atoms with Crippen LogP contribution in [0.1, 0.15) is 26.2 Å². The van der Waals surface area contributed by atoms with Crippen LogP contribution in [-0.2, 0) is 9.53 Å². The molecule has 0 saturated carbocycles. The summed E-state index contributed by atoms with van der Waals surface area (Å²) in [5.41, 5.74) is 0.696. The fourth-order valence-electron chi connectivity index (χ4n) is 3.07. The highest BCUT2D eigenvalue weighted by atomic mass is 16.7. The quantitative estimate of drug-likeness (QED) is 0.803. The Morgan fingerprint density at radius 1 is 1.23 bits per heavy atom. The molecule has 0 aromatic heterocycles. The first-order valence-corrected chi connectivity index (χ1v) is 9.00. The molecule has 2 amide bonds. The third-order valence-corrected chi connectivity index (χ3v) is 4.46. The smallest absolute Gasteiger partial charge is 0.409 e. The Bertz CT molecular complexity index is 644. The Balaban J connectivity index is 1.34. The summed E-state index contributed by atoms with van der Waals surface area (Å²) >= 11 is 0. The zero-order valence-electron chi connectivity index (χ0n) is 15.0. The zero-order chi connectivity index (χ0) is 18.4. The van der Waals surface area contributed by atoms with Crippen molar-refractivity contribution in [3.05, 3.63) is 18.2 Å². The summed E-state index contributed by atoms with van der Waals surface area (Å²) in [5, 5.41) is 6.25. The number of benzene rings is 1. The number of amides is 2. The van der Waals surface area contributed by atoms with E-state index in [4.69, 9.17) is 14.2 Å². The Labute approximate surface area is 152 Å². The van der Waals surface area contributed by atoms with Crippen LogP contribution >= 0.6 is 0 Å². The minimum Gasteiger partial charge on any atom is -0.454 e. The Hall–Kier alpha value is -2.48. The van der Waals surface area contributed by atoms with E-state index < -0.39 is 0 Å². The maximum absolute atomic E-state index is 12.1. The van der Waals surface area contributed by atoms with Crippen LogP contribution in [0.2, 0.25) is 0 Å². The van der Waals surface area contributed by atoms with Gasteiger partial charge in [-0.15, -0.1) is 0 Å². The van der Waals surface area contributed by atoms with Crippen molar-refractivity contribution in [2.45, 2.75) is 32.2 Å². The Kier molecular flexibility index (Phi) is 6.17. The number of carbonyl (C=O) groups excluding carboxylic acids is 2. The minimum atomic E-state index is -0.242. The first-order chi connectivity index (χ1) is 12.7. The molecule has 3 rings (SSSR count). The van der Waals surface area contributed by atoms with Crippen molar-refractivity contribution >= 4 is 17.7 Å². The summed E-state index contributed by atoms with van der Waals surface area (Å²) in [6, 6.07) is 5.66. The van der Waals surface area contributed by atoms with Crippen molar-refractivity contribution in [3.63, 3.8) is 0 Å². The van der Waals surface area contributed by atoms with Crippen molar-refractivity contribution in [1.29, 1.82) is 0 Å². The lowest BCUT2D eigenvalue weighted by Crippen LogP contribution is -2.45. The van der Waals surface area contributed by atoms with Gasteiger partial charge in [0.15, 0.2) is 11.5 Å². The predicted molar refractivity (Wildman–Crippen MR) is 95.4 cm³/mol. The molecule has 0 spiro atoms. The lowest BCUT2D eigenvalue weighted by atomic mass is 10.1. The maximum Gasteiger partial charge on any atom is 0.409 e. The van der Waals surface area contributed by atoms with Gasteiger partial charge in [0.1, 0.15) is 0 Å². The summed E-state index contributed by atoms with van der Waals surface area (Å²) < 4.78 is 15.6. The van der Waals surface area contributed by atoms with Gasteiger partial charge in [-0.3, -0.25) is 4.79 Å². The van der Waals surface area contributed by atoms with Crippen LogP contribution in [0, 0.1) is 0 Å². The van der Waals surface area contributed by atoms with Gasteiger partial charge in [-0.2, -0.15) is 0 Å². The Morgan fingerprint density at radius 3 is 2.77 bits per heavy atom. The third-order valence-electron chi connectivity index (χ3n) is 4.46. The van der Waals surface area contributed by atoms with Gasteiger partial charge in [-0.1, -0.05) is 0 Å². The number of hydrogen-bond acceptors (Lipinski definition) is 6. The van der Waals surface area contributed by atoms with E-state index in [0.717, 1.165) is 12.8 Å². The second kappa shape index (κ2) is 8.75. The van der Waals surface area contributed by atoms with Gasteiger partial charge in [0.2, 0.25) is 12.7 Å². The summed E-state index contributed by atoms with van der Waals surface area (Å²) in [6.07, 6.45) is 1.87. The number of ether oxygens (including phenoxy) is 3.